The van der Waals surface area contributed by atoms with Gasteiger partial charge in [-0.3, -0.25) is 4.79 Å². The maximum Gasteiger partial charge on any atom is 0.434 e. The third-order valence-corrected chi connectivity index (χ3v) is 3.97. The van der Waals surface area contributed by atoms with Crippen LogP contribution in [0, 0.1) is 6.92 Å². The Morgan fingerprint density at radius 2 is 2.13 bits per heavy atom. The van der Waals surface area contributed by atoms with Crippen LogP contribution in [0.25, 0.3) is 0 Å². The maximum atomic E-state index is 12.6. The molecule has 6 nitrogen and oxygen atoms in total. The molecular weight excluding hydrogens is 333 g/mol. The highest BCUT2D eigenvalue weighted by Crippen LogP contribution is 2.30. The summed E-state index contributed by atoms with van der Waals surface area (Å²) in [6.45, 7) is 1.63. The first-order valence-corrected chi connectivity index (χ1v) is 7.37. The molecule has 2 rings (SSSR count). The van der Waals surface area contributed by atoms with Crippen molar-refractivity contribution >= 4 is 17.2 Å². The van der Waals surface area contributed by atoms with E-state index in [1.54, 1.807) is 14.0 Å². The van der Waals surface area contributed by atoms with Crippen LogP contribution in [0.15, 0.2) is 5.38 Å². The van der Waals surface area contributed by atoms with Gasteiger partial charge in [-0.1, -0.05) is 0 Å². The van der Waals surface area contributed by atoms with E-state index in [1.807, 2.05) is 0 Å². The van der Waals surface area contributed by atoms with Crippen LogP contribution in [0.5, 0.6) is 5.88 Å². The largest absolute Gasteiger partial charge is 0.481 e. The van der Waals surface area contributed by atoms with Crippen molar-refractivity contribution in [2.75, 3.05) is 14.2 Å². The summed E-state index contributed by atoms with van der Waals surface area (Å²) in [5, 5.41) is 5.25. The molecule has 2 heterocycles. The number of halogens is 3. The molecule has 10 heteroatoms. The average Bonchev–Trinajstić information content (AvgIpc) is 3.01. The number of amides is 1. The molecule has 0 bridgehead atoms. The summed E-state index contributed by atoms with van der Waals surface area (Å²) in [5.74, 6) is -0.0920. The van der Waals surface area contributed by atoms with Crippen LogP contribution in [0.2, 0.25) is 0 Å². The van der Waals surface area contributed by atoms with Crippen molar-refractivity contribution in [3.05, 3.63) is 27.3 Å². The molecule has 2 aromatic heterocycles. The highest BCUT2D eigenvalue weighted by atomic mass is 32.1. The third-order valence-electron chi connectivity index (χ3n) is 3.14. The van der Waals surface area contributed by atoms with Gasteiger partial charge in [-0.15, -0.1) is 11.3 Å². The van der Waals surface area contributed by atoms with Crippen molar-refractivity contribution in [1.29, 1.82) is 0 Å². The Bertz CT molecular complexity index is 723. The lowest BCUT2D eigenvalue weighted by Crippen LogP contribution is -2.27. The highest BCUT2D eigenvalue weighted by Gasteiger charge is 2.34. The van der Waals surface area contributed by atoms with Gasteiger partial charge in [0.2, 0.25) is 5.88 Å². The molecule has 0 unspecified atom stereocenters. The van der Waals surface area contributed by atoms with Crippen molar-refractivity contribution in [3.8, 4) is 5.88 Å². The van der Waals surface area contributed by atoms with Crippen LogP contribution in [0.4, 0.5) is 13.2 Å². The molecule has 0 aliphatic carbocycles. The first kappa shape index (κ1) is 17.3. The third kappa shape index (κ3) is 3.46. The lowest BCUT2D eigenvalue weighted by Gasteiger charge is -2.16. The van der Waals surface area contributed by atoms with E-state index in [1.165, 1.54) is 23.7 Å². The summed E-state index contributed by atoms with van der Waals surface area (Å²) in [6, 6.07) is 0. The lowest BCUT2D eigenvalue weighted by molar-refractivity contribution is -0.140. The van der Waals surface area contributed by atoms with Gasteiger partial charge in [-0.05, 0) is 6.92 Å². The highest BCUT2D eigenvalue weighted by molar-refractivity contribution is 7.09. The second-order valence-electron chi connectivity index (χ2n) is 4.88. The fourth-order valence-corrected chi connectivity index (χ4v) is 2.95. The Hall–Kier alpha value is -2.10. The number of methoxy groups -OCH3 is 1. The number of nitrogens with zero attached hydrogens (tertiary/aromatic N) is 4. The average molecular weight is 348 g/mol. The Kier molecular flexibility index (Phi) is 4.64. The molecule has 0 fully saturated rings. The molecule has 126 valence electrons. The predicted molar refractivity (Wildman–Crippen MR) is 77.4 cm³/mol. The zero-order valence-electron chi connectivity index (χ0n) is 12.9. The lowest BCUT2D eigenvalue weighted by atomic mass is 10.2. The van der Waals surface area contributed by atoms with E-state index in [0.717, 1.165) is 16.7 Å². The van der Waals surface area contributed by atoms with Crippen molar-refractivity contribution in [3.63, 3.8) is 0 Å². The van der Waals surface area contributed by atoms with Crippen LogP contribution in [0.3, 0.4) is 0 Å². The van der Waals surface area contributed by atoms with Crippen LogP contribution >= 0.6 is 11.3 Å². The van der Waals surface area contributed by atoms with Crippen molar-refractivity contribution in [1.82, 2.24) is 19.7 Å². The topological polar surface area (TPSA) is 60.2 Å². The Labute approximate surface area is 134 Å². The van der Waals surface area contributed by atoms with Crippen LogP contribution in [0.1, 0.15) is 26.8 Å². The minimum absolute atomic E-state index is 0.0307. The summed E-state index contributed by atoms with van der Waals surface area (Å²) in [4.78, 5) is 17.3. The molecule has 0 atom stereocenters. The molecule has 2 aromatic rings. The molecular formula is C13H15F3N4O2S. The second kappa shape index (κ2) is 6.19. The number of ether oxygens (including phenoxy) is 1. The van der Waals surface area contributed by atoms with E-state index >= 15 is 0 Å². The number of carbonyl (C=O) groups is 1. The number of aryl methyl sites for hydroxylation is 2. The van der Waals surface area contributed by atoms with Crippen molar-refractivity contribution < 1.29 is 22.7 Å². The number of carbonyl (C=O) groups excluding carboxylic acids is 1. The number of rotatable bonds is 4. The number of hydrogen-bond acceptors (Lipinski definition) is 5. The maximum absolute atomic E-state index is 12.6. The summed E-state index contributed by atoms with van der Waals surface area (Å²) >= 11 is 0.860. The minimum atomic E-state index is -4.49. The monoisotopic (exact) mass is 348 g/mol. The van der Waals surface area contributed by atoms with Gasteiger partial charge in [-0.2, -0.15) is 18.3 Å². The number of thiazole rings is 1. The van der Waals surface area contributed by atoms with E-state index in [-0.39, 0.29) is 17.1 Å². The minimum Gasteiger partial charge on any atom is -0.481 e. The van der Waals surface area contributed by atoms with E-state index in [2.05, 4.69) is 10.1 Å². The van der Waals surface area contributed by atoms with E-state index in [9.17, 15) is 18.0 Å². The fourth-order valence-electron chi connectivity index (χ4n) is 2.10. The van der Waals surface area contributed by atoms with E-state index in [0.29, 0.717) is 11.6 Å². The first-order chi connectivity index (χ1) is 10.6. The second-order valence-corrected chi connectivity index (χ2v) is 5.82. The van der Waals surface area contributed by atoms with Crippen molar-refractivity contribution in [2.45, 2.75) is 19.6 Å². The predicted octanol–water partition coefficient (Wildman–Crippen LogP) is 2.48. The molecule has 0 aliphatic rings. The smallest absolute Gasteiger partial charge is 0.434 e. The Balaban J connectivity index is 2.19. The summed E-state index contributed by atoms with van der Waals surface area (Å²) in [6.07, 6.45) is -4.49. The standard InChI is InChI=1S/C13H15F3N4O2S/c1-7-10(12(22-4)20(3)18-7)11(21)19(2)5-9-17-8(6-23-9)13(14,15)16/h6H,5H2,1-4H3. The Morgan fingerprint density at radius 3 is 2.65 bits per heavy atom. The Morgan fingerprint density at radius 1 is 1.48 bits per heavy atom. The van der Waals surface area contributed by atoms with Gasteiger partial charge in [0.15, 0.2) is 5.69 Å². The molecule has 0 aliphatic heterocycles. The first-order valence-electron chi connectivity index (χ1n) is 6.49. The molecule has 23 heavy (non-hydrogen) atoms. The number of aromatic nitrogens is 3. The van der Waals surface area contributed by atoms with Crippen LogP contribution < -0.4 is 4.74 Å². The van der Waals surface area contributed by atoms with Crippen LogP contribution in [-0.4, -0.2) is 39.7 Å². The molecule has 1 amide bonds. The molecule has 0 aromatic carbocycles. The van der Waals surface area contributed by atoms with Gasteiger partial charge in [0, 0.05) is 19.5 Å². The zero-order chi connectivity index (χ0) is 17.4. The molecule has 0 spiro atoms. The van der Waals surface area contributed by atoms with Gasteiger partial charge in [-0.25, -0.2) is 9.67 Å². The van der Waals surface area contributed by atoms with Crippen molar-refractivity contribution in [2.24, 2.45) is 7.05 Å². The van der Waals surface area contributed by atoms with Gasteiger partial charge < -0.3 is 9.64 Å². The normalized spacial score (nSPS) is 11.6. The summed E-state index contributed by atoms with van der Waals surface area (Å²) in [7, 11) is 4.55. The fraction of sp³-hybridized carbons (Fsp3) is 0.462. The van der Waals surface area contributed by atoms with E-state index in [4.69, 9.17) is 4.74 Å². The quantitative estimate of drug-likeness (QED) is 0.852. The van der Waals surface area contributed by atoms with E-state index < -0.39 is 17.8 Å². The molecule has 0 radical (unpaired) electrons. The number of alkyl halides is 3. The number of hydrogen-bond donors (Lipinski definition) is 0. The van der Waals surface area contributed by atoms with Crippen LogP contribution in [-0.2, 0) is 19.8 Å². The summed E-state index contributed by atoms with van der Waals surface area (Å²) in [5.41, 5.74) is -0.185. The van der Waals surface area contributed by atoms with Gasteiger partial charge in [0.05, 0.1) is 19.3 Å². The SMILES string of the molecule is COc1c(C(=O)N(C)Cc2nc(C(F)(F)F)cs2)c(C)nn1C. The molecule has 0 saturated heterocycles. The molecule has 0 saturated carbocycles. The van der Waals surface area contributed by atoms with Gasteiger partial charge >= 0.3 is 6.18 Å². The van der Waals surface area contributed by atoms with Gasteiger partial charge in [0.1, 0.15) is 10.6 Å². The van der Waals surface area contributed by atoms with Gasteiger partial charge in [0.25, 0.3) is 5.91 Å². The zero-order valence-corrected chi connectivity index (χ0v) is 13.7. The molecule has 0 N–H and O–H groups in total. The summed E-state index contributed by atoms with van der Waals surface area (Å²) < 4.78 is 44.2.